The molecule has 0 aliphatic rings. The average Bonchev–Trinajstić information content (AvgIpc) is 2.36. The van der Waals surface area contributed by atoms with Gasteiger partial charge in [0.1, 0.15) is 0 Å². The van der Waals surface area contributed by atoms with E-state index in [9.17, 15) is 4.79 Å². The molecule has 17 heavy (non-hydrogen) atoms. The molecule has 94 valence electrons. The van der Waals surface area contributed by atoms with Crippen LogP contribution in [0.4, 0.5) is 0 Å². The largest absolute Gasteiger partial charge is 0.289 e. The summed E-state index contributed by atoms with van der Waals surface area (Å²) < 4.78 is 0. The SMILES string of the molecule is CCCCCSc1ccc(CC(=O)NO)cc1. The number of hydrogen-bond acceptors (Lipinski definition) is 3. The van der Waals surface area contributed by atoms with E-state index in [0.29, 0.717) is 0 Å². The fourth-order valence-corrected chi connectivity index (χ4v) is 2.38. The first-order chi connectivity index (χ1) is 8.26. The Kier molecular flexibility index (Phi) is 6.74. The lowest BCUT2D eigenvalue weighted by molar-refractivity contribution is -0.128. The topological polar surface area (TPSA) is 49.3 Å². The van der Waals surface area contributed by atoms with Crippen molar-refractivity contribution in [3.05, 3.63) is 29.8 Å². The summed E-state index contributed by atoms with van der Waals surface area (Å²) in [7, 11) is 0. The second kappa shape index (κ2) is 8.14. The third kappa shape index (κ3) is 5.75. The molecular weight excluding hydrogens is 234 g/mol. The molecule has 0 saturated carbocycles. The summed E-state index contributed by atoms with van der Waals surface area (Å²) in [6, 6.07) is 7.90. The van der Waals surface area contributed by atoms with Crippen molar-refractivity contribution in [3.8, 4) is 0 Å². The summed E-state index contributed by atoms with van der Waals surface area (Å²) in [5.74, 6) is 0.762. The van der Waals surface area contributed by atoms with Crippen LogP contribution in [0.3, 0.4) is 0 Å². The molecule has 0 heterocycles. The quantitative estimate of drug-likeness (QED) is 0.340. The Balaban J connectivity index is 2.36. The summed E-state index contributed by atoms with van der Waals surface area (Å²) in [6.45, 7) is 2.20. The number of hydrogen-bond donors (Lipinski definition) is 2. The lowest BCUT2D eigenvalue weighted by Gasteiger charge is -2.03. The van der Waals surface area contributed by atoms with Crippen LogP contribution in [0.5, 0.6) is 0 Å². The molecule has 0 fully saturated rings. The Labute approximate surface area is 107 Å². The first-order valence-corrected chi connectivity index (χ1v) is 6.89. The van der Waals surface area contributed by atoms with Gasteiger partial charge < -0.3 is 0 Å². The van der Waals surface area contributed by atoms with Crippen molar-refractivity contribution in [3.63, 3.8) is 0 Å². The minimum atomic E-state index is -0.381. The zero-order valence-electron chi connectivity index (χ0n) is 10.1. The maximum absolute atomic E-state index is 10.9. The Morgan fingerprint density at radius 2 is 2.00 bits per heavy atom. The van der Waals surface area contributed by atoms with E-state index < -0.39 is 0 Å². The van der Waals surface area contributed by atoms with E-state index in [0.717, 1.165) is 11.3 Å². The van der Waals surface area contributed by atoms with Crippen LogP contribution in [0.2, 0.25) is 0 Å². The lowest BCUT2D eigenvalue weighted by atomic mass is 10.1. The first-order valence-electron chi connectivity index (χ1n) is 5.91. The molecule has 1 aromatic carbocycles. The van der Waals surface area contributed by atoms with E-state index >= 15 is 0 Å². The van der Waals surface area contributed by atoms with Gasteiger partial charge in [0.15, 0.2) is 0 Å². The molecule has 0 aliphatic heterocycles. The number of hydroxylamine groups is 1. The monoisotopic (exact) mass is 253 g/mol. The van der Waals surface area contributed by atoms with Crippen LogP contribution in [0.15, 0.2) is 29.2 Å². The highest BCUT2D eigenvalue weighted by Gasteiger charge is 2.01. The van der Waals surface area contributed by atoms with Crippen LogP contribution in [-0.2, 0) is 11.2 Å². The number of nitrogens with one attached hydrogen (secondary N) is 1. The molecule has 3 nitrogen and oxygen atoms in total. The highest BCUT2D eigenvalue weighted by Crippen LogP contribution is 2.20. The van der Waals surface area contributed by atoms with Crippen molar-refractivity contribution in [1.29, 1.82) is 0 Å². The van der Waals surface area contributed by atoms with Gasteiger partial charge in [-0.25, -0.2) is 5.48 Å². The van der Waals surface area contributed by atoms with Gasteiger partial charge in [-0.05, 0) is 29.9 Å². The fourth-order valence-electron chi connectivity index (χ4n) is 1.47. The summed E-state index contributed by atoms with van der Waals surface area (Å²) in [6.07, 6.45) is 3.99. The number of carbonyl (C=O) groups is 1. The zero-order chi connectivity index (χ0) is 12.5. The van der Waals surface area contributed by atoms with Gasteiger partial charge in [0.25, 0.3) is 0 Å². The lowest BCUT2D eigenvalue weighted by Crippen LogP contribution is -2.20. The Morgan fingerprint density at radius 1 is 1.29 bits per heavy atom. The van der Waals surface area contributed by atoms with Crippen LogP contribution in [0.25, 0.3) is 0 Å². The number of benzene rings is 1. The number of amides is 1. The fraction of sp³-hybridized carbons (Fsp3) is 0.462. The van der Waals surface area contributed by atoms with Crippen LogP contribution in [-0.4, -0.2) is 16.9 Å². The van der Waals surface area contributed by atoms with E-state index in [4.69, 9.17) is 5.21 Å². The molecule has 2 N–H and O–H groups in total. The normalized spacial score (nSPS) is 10.2. The summed E-state index contributed by atoms with van der Waals surface area (Å²) in [4.78, 5) is 12.2. The van der Waals surface area contributed by atoms with Crippen LogP contribution in [0.1, 0.15) is 31.7 Å². The smallest absolute Gasteiger partial charge is 0.247 e. The minimum Gasteiger partial charge on any atom is -0.289 e. The Bertz CT molecular complexity index is 338. The van der Waals surface area contributed by atoms with Gasteiger partial charge in [-0.2, -0.15) is 0 Å². The Morgan fingerprint density at radius 3 is 2.59 bits per heavy atom. The molecule has 1 aromatic rings. The van der Waals surface area contributed by atoms with Crippen molar-refractivity contribution in [2.75, 3.05) is 5.75 Å². The highest BCUT2D eigenvalue weighted by atomic mass is 32.2. The molecule has 0 radical (unpaired) electrons. The van der Waals surface area contributed by atoms with Gasteiger partial charge in [-0.3, -0.25) is 10.0 Å². The van der Waals surface area contributed by atoms with Crippen LogP contribution < -0.4 is 5.48 Å². The molecule has 4 heteroatoms. The summed E-state index contributed by atoms with van der Waals surface area (Å²) >= 11 is 1.84. The molecule has 0 saturated heterocycles. The van der Waals surface area contributed by atoms with Gasteiger partial charge in [0.2, 0.25) is 5.91 Å². The molecule has 0 aliphatic carbocycles. The molecule has 0 spiro atoms. The number of thioether (sulfide) groups is 1. The van der Waals surface area contributed by atoms with Gasteiger partial charge in [-0.1, -0.05) is 31.9 Å². The second-order valence-corrected chi connectivity index (χ2v) is 5.08. The van der Waals surface area contributed by atoms with E-state index in [1.54, 1.807) is 5.48 Å². The zero-order valence-corrected chi connectivity index (χ0v) is 10.9. The molecule has 0 aromatic heterocycles. The predicted molar refractivity (Wildman–Crippen MR) is 70.3 cm³/mol. The van der Waals surface area contributed by atoms with Crippen molar-refractivity contribution in [2.45, 2.75) is 37.5 Å². The van der Waals surface area contributed by atoms with Crippen LogP contribution >= 0.6 is 11.8 Å². The van der Waals surface area contributed by atoms with Gasteiger partial charge in [0.05, 0.1) is 6.42 Å². The van der Waals surface area contributed by atoms with Crippen molar-refractivity contribution < 1.29 is 10.0 Å². The van der Waals surface area contributed by atoms with Gasteiger partial charge in [-0.15, -0.1) is 11.8 Å². The second-order valence-electron chi connectivity index (χ2n) is 3.91. The molecule has 0 unspecified atom stereocenters. The van der Waals surface area contributed by atoms with E-state index in [2.05, 4.69) is 6.92 Å². The third-order valence-electron chi connectivity index (χ3n) is 2.43. The summed E-state index contributed by atoms with van der Waals surface area (Å²) in [5.41, 5.74) is 2.54. The molecule has 0 atom stereocenters. The number of rotatable bonds is 7. The maximum atomic E-state index is 10.9. The first kappa shape index (κ1) is 14.1. The van der Waals surface area contributed by atoms with E-state index in [1.807, 2.05) is 36.0 Å². The van der Waals surface area contributed by atoms with Gasteiger partial charge in [0, 0.05) is 4.90 Å². The van der Waals surface area contributed by atoms with Crippen LogP contribution in [0, 0.1) is 0 Å². The summed E-state index contributed by atoms with van der Waals surface area (Å²) in [5, 5.41) is 8.41. The highest BCUT2D eigenvalue weighted by molar-refractivity contribution is 7.99. The van der Waals surface area contributed by atoms with Crippen molar-refractivity contribution >= 4 is 17.7 Å². The van der Waals surface area contributed by atoms with E-state index in [-0.39, 0.29) is 12.3 Å². The minimum absolute atomic E-state index is 0.220. The maximum Gasteiger partial charge on any atom is 0.247 e. The average molecular weight is 253 g/mol. The third-order valence-corrected chi connectivity index (χ3v) is 3.53. The van der Waals surface area contributed by atoms with Crippen molar-refractivity contribution in [1.82, 2.24) is 5.48 Å². The van der Waals surface area contributed by atoms with Crippen molar-refractivity contribution in [2.24, 2.45) is 0 Å². The molecule has 0 bridgehead atoms. The van der Waals surface area contributed by atoms with Gasteiger partial charge >= 0.3 is 0 Å². The van der Waals surface area contributed by atoms with E-state index in [1.165, 1.54) is 24.2 Å². The molecule has 1 amide bonds. The molecule has 1 rings (SSSR count). The number of carbonyl (C=O) groups excluding carboxylic acids is 1. The standard InChI is InChI=1S/C13H19NO2S/c1-2-3-4-9-17-12-7-5-11(6-8-12)10-13(15)14-16/h5-8,16H,2-4,9-10H2,1H3,(H,14,15). The number of unbranched alkanes of at least 4 members (excludes halogenated alkanes) is 2. The predicted octanol–water partition coefficient (Wildman–Crippen LogP) is 3.02. The molecular formula is C13H19NO2S. The Hall–Kier alpha value is -1.00.